The molecule has 1 aromatic carbocycles. The van der Waals surface area contributed by atoms with Crippen molar-refractivity contribution in [3.05, 3.63) is 29.3 Å². The van der Waals surface area contributed by atoms with Crippen LogP contribution in [-0.4, -0.2) is 13.0 Å². The van der Waals surface area contributed by atoms with Crippen molar-refractivity contribution in [1.29, 1.82) is 0 Å². The minimum Gasteiger partial charge on any atom is -0.282 e. The Labute approximate surface area is 161 Å². The molecular formula is C22H38O3S. The molecule has 0 aliphatic rings. The smallest absolute Gasteiger partial charge is 0.282 e. The summed E-state index contributed by atoms with van der Waals surface area (Å²) in [6.07, 6.45) is 14.7. The van der Waals surface area contributed by atoms with Crippen LogP contribution in [-0.2, 0) is 16.5 Å². The Balaban J connectivity index is 2.37. The van der Waals surface area contributed by atoms with Crippen molar-refractivity contribution in [1.82, 2.24) is 0 Å². The highest BCUT2D eigenvalue weighted by Crippen LogP contribution is 2.27. The van der Waals surface area contributed by atoms with Crippen LogP contribution in [0.25, 0.3) is 0 Å². The molecule has 0 saturated heterocycles. The Morgan fingerprint density at radius 2 is 1.35 bits per heavy atom. The first-order valence-corrected chi connectivity index (χ1v) is 11.9. The predicted molar refractivity (Wildman–Crippen MR) is 111 cm³/mol. The highest BCUT2D eigenvalue weighted by Gasteiger charge is 2.19. The van der Waals surface area contributed by atoms with E-state index in [2.05, 4.69) is 20.8 Å². The maximum atomic E-state index is 11.7. The first-order chi connectivity index (χ1) is 12.4. The van der Waals surface area contributed by atoms with E-state index in [1.807, 2.05) is 6.07 Å². The third kappa shape index (κ3) is 8.68. The zero-order chi connectivity index (χ0) is 19.4. The quantitative estimate of drug-likeness (QED) is 0.281. The largest absolute Gasteiger partial charge is 0.294 e. The fourth-order valence-electron chi connectivity index (χ4n) is 3.60. The summed E-state index contributed by atoms with van der Waals surface area (Å²) in [6, 6.07) is 5.23. The van der Waals surface area contributed by atoms with E-state index >= 15 is 0 Å². The average molecular weight is 383 g/mol. The molecule has 4 heteroatoms. The van der Waals surface area contributed by atoms with Gasteiger partial charge in [0.2, 0.25) is 0 Å². The molecule has 0 atom stereocenters. The van der Waals surface area contributed by atoms with E-state index in [9.17, 15) is 13.0 Å². The van der Waals surface area contributed by atoms with E-state index in [-0.39, 0.29) is 10.8 Å². The van der Waals surface area contributed by atoms with Crippen LogP contribution in [0.5, 0.6) is 0 Å². The van der Waals surface area contributed by atoms with E-state index in [1.54, 1.807) is 6.07 Å². The SMILES string of the molecule is CCCCCCCCCCCCCc1c(C(C)C)cccc1S(=O)(=O)O. The molecule has 0 saturated carbocycles. The highest BCUT2D eigenvalue weighted by molar-refractivity contribution is 7.85. The third-order valence-corrected chi connectivity index (χ3v) is 6.04. The highest BCUT2D eigenvalue weighted by atomic mass is 32.2. The summed E-state index contributed by atoms with van der Waals surface area (Å²) < 4.78 is 32.9. The summed E-state index contributed by atoms with van der Waals surface area (Å²) in [5.74, 6) is 0.249. The van der Waals surface area contributed by atoms with Crippen molar-refractivity contribution < 1.29 is 13.0 Å². The lowest BCUT2D eigenvalue weighted by Crippen LogP contribution is -2.07. The Kier molecular flexibility index (Phi) is 11.1. The number of hydrogen-bond donors (Lipinski definition) is 1. The molecule has 0 fully saturated rings. The van der Waals surface area contributed by atoms with Crippen LogP contribution < -0.4 is 0 Å². The first kappa shape index (κ1) is 23.2. The van der Waals surface area contributed by atoms with Gasteiger partial charge in [0.1, 0.15) is 0 Å². The molecule has 0 unspecified atom stereocenters. The van der Waals surface area contributed by atoms with Crippen LogP contribution in [0.2, 0.25) is 0 Å². The van der Waals surface area contributed by atoms with E-state index in [0.29, 0.717) is 0 Å². The monoisotopic (exact) mass is 382 g/mol. The Morgan fingerprint density at radius 1 is 0.846 bits per heavy atom. The Hall–Kier alpha value is -0.870. The zero-order valence-electron chi connectivity index (χ0n) is 17.0. The molecular weight excluding hydrogens is 344 g/mol. The lowest BCUT2D eigenvalue weighted by molar-refractivity contribution is 0.481. The Morgan fingerprint density at radius 3 is 1.81 bits per heavy atom. The number of hydrogen-bond acceptors (Lipinski definition) is 2. The second-order valence-corrected chi connectivity index (χ2v) is 9.13. The van der Waals surface area contributed by atoms with Gasteiger partial charge >= 0.3 is 0 Å². The van der Waals surface area contributed by atoms with Crippen LogP contribution in [0, 0.1) is 0 Å². The minimum absolute atomic E-state index is 0.0933. The minimum atomic E-state index is -4.15. The molecule has 1 rings (SSSR count). The van der Waals surface area contributed by atoms with Gasteiger partial charge in [-0.1, -0.05) is 97.1 Å². The van der Waals surface area contributed by atoms with Gasteiger partial charge in [0.25, 0.3) is 10.1 Å². The molecule has 0 spiro atoms. The van der Waals surface area contributed by atoms with Gasteiger partial charge < -0.3 is 0 Å². The average Bonchev–Trinajstić information content (AvgIpc) is 2.58. The second-order valence-electron chi connectivity index (χ2n) is 7.74. The van der Waals surface area contributed by atoms with Crippen molar-refractivity contribution in [2.24, 2.45) is 0 Å². The van der Waals surface area contributed by atoms with E-state index in [4.69, 9.17) is 0 Å². The molecule has 0 heterocycles. The molecule has 0 aliphatic carbocycles. The first-order valence-electron chi connectivity index (χ1n) is 10.5. The number of rotatable bonds is 14. The van der Waals surface area contributed by atoms with Crippen LogP contribution in [0.15, 0.2) is 23.1 Å². The van der Waals surface area contributed by atoms with Gasteiger partial charge in [0.15, 0.2) is 0 Å². The van der Waals surface area contributed by atoms with Crippen LogP contribution in [0.1, 0.15) is 108 Å². The molecule has 0 amide bonds. The van der Waals surface area contributed by atoms with Crippen LogP contribution >= 0.6 is 0 Å². The molecule has 1 N–H and O–H groups in total. The molecule has 0 bridgehead atoms. The topological polar surface area (TPSA) is 54.4 Å². The maximum Gasteiger partial charge on any atom is 0.294 e. The summed E-state index contributed by atoms with van der Waals surface area (Å²) >= 11 is 0. The fraction of sp³-hybridized carbons (Fsp3) is 0.727. The second kappa shape index (κ2) is 12.5. The molecule has 0 aliphatic heterocycles. The van der Waals surface area contributed by atoms with Crippen molar-refractivity contribution in [2.75, 3.05) is 0 Å². The molecule has 1 aromatic rings. The number of unbranched alkanes of at least 4 members (excludes halogenated alkanes) is 10. The maximum absolute atomic E-state index is 11.7. The van der Waals surface area contributed by atoms with Gasteiger partial charge in [0, 0.05) is 0 Å². The molecule has 0 radical (unpaired) electrons. The van der Waals surface area contributed by atoms with Gasteiger partial charge in [-0.15, -0.1) is 0 Å². The molecule has 26 heavy (non-hydrogen) atoms. The Bertz CT molecular complexity index is 606. The molecule has 150 valence electrons. The predicted octanol–water partition coefficient (Wildman–Crippen LogP) is 6.91. The summed E-state index contributed by atoms with van der Waals surface area (Å²) in [5, 5.41) is 0. The summed E-state index contributed by atoms with van der Waals surface area (Å²) in [5.41, 5.74) is 1.84. The van der Waals surface area contributed by atoms with Gasteiger partial charge in [-0.25, -0.2) is 0 Å². The van der Waals surface area contributed by atoms with Gasteiger partial charge in [-0.3, -0.25) is 4.55 Å². The normalized spacial score (nSPS) is 12.0. The lowest BCUT2D eigenvalue weighted by Gasteiger charge is -2.16. The van der Waals surface area contributed by atoms with Crippen molar-refractivity contribution in [2.45, 2.75) is 109 Å². The van der Waals surface area contributed by atoms with E-state index < -0.39 is 10.1 Å². The number of benzene rings is 1. The van der Waals surface area contributed by atoms with Gasteiger partial charge in [-0.2, -0.15) is 8.42 Å². The van der Waals surface area contributed by atoms with E-state index in [0.717, 1.165) is 30.4 Å². The third-order valence-electron chi connectivity index (χ3n) is 5.10. The van der Waals surface area contributed by atoms with Crippen molar-refractivity contribution >= 4 is 10.1 Å². The van der Waals surface area contributed by atoms with E-state index in [1.165, 1.54) is 63.9 Å². The van der Waals surface area contributed by atoms with Crippen LogP contribution in [0.3, 0.4) is 0 Å². The van der Waals surface area contributed by atoms with Crippen LogP contribution in [0.4, 0.5) is 0 Å². The zero-order valence-corrected chi connectivity index (χ0v) is 17.8. The molecule has 0 aromatic heterocycles. The van der Waals surface area contributed by atoms with Gasteiger partial charge in [-0.05, 0) is 36.0 Å². The van der Waals surface area contributed by atoms with Crippen molar-refractivity contribution in [3.8, 4) is 0 Å². The lowest BCUT2D eigenvalue weighted by atomic mass is 9.93. The van der Waals surface area contributed by atoms with Gasteiger partial charge in [0.05, 0.1) is 4.90 Å². The standard InChI is InChI=1S/C22H38O3S/c1-4-5-6-7-8-9-10-11-12-13-14-16-21-20(19(2)3)17-15-18-22(21)26(23,24)25/h15,17-19H,4-14,16H2,1-3H3,(H,23,24,25). The molecule has 3 nitrogen and oxygen atoms in total. The summed E-state index contributed by atoms with van der Waals surface area (Å²) in [7, 11) is -4.15. The summed E-state index contributed by atoms with van der Waals surface area (Å²) in [4.78, 5) is 0.0933. The summed E-state index contributed by atoms with van der Waals surface area (Å²) in [6.45, 7) is 6.37. The fourth-order valence-corrected chi connectivity index (χ4v) is 4.38. The van der Waals surface area contributed by atoms with Crippen molar-refractivity contribution in [3.63, 3.8) is 0 Å².